The summed E-state index contributed by atoms with van der Waals surface area (Å²) in [6.07, 6.45) is 3.24. The number of carbonyl (C=O) groups is 1. The van der Waals surface area contributed by atoms with E-state index in [2.05, 4.69) is 25.3 Å². The molecule has 0 atom stereocenters. The van der Waals surface area contributed by atoms with E-state index in [0.29, 0.717) is 22.8 Å². The van der Waals surface area contributed by atoms with Gasteiger partial charge in [-0.2, -0.15) is 0 Å². The molecule has 0 spiro atoms. The molecule has 1 aromatic heterocycles. The first-order valence-electron chi connectivity index (χ1n) is 9.37. The van der Waals surface area contributed by atoms with Crippen LogP contribution in [0.15, 0.2) is 71.9 Å². The molecule has 0 aliphatic rings. The summed E-state index contributed by atoms with van der Waals surface area (Å²) in [7, 11) is -3.59. The second-order valence-electron chi connectivity index (χ2n) is 6.88. The van der Waals surface area contributed by atoms with Crippen LogP contribution in [0.5, 0.6) is 0 Å². The van der Waals surface area contributed by atoms with E-state index in [1.807, 2.05) is 6.07 Å². The normalized spacial score (nSPS) is 11.3. The van der Waals surface area contributed by atoms with E-state index in [-0.39, 0.29) is 23.4 Å². The van der Waals surface area contributed by atoms with Gasteiger partial charge in [-0.1, -0.05) is 18.2 Å². The Morgan fingerprint density at radius 3 is 2.47 bits per heavy atom. The molecule has 0 aliphatic carbocycles. The number of sulfonamides is 1. The molecule has 3 aromatic rings. The SMILES string of the molecule is CC(C)NS(=O)(=O)c1cccc(CNC(=O)c2cccc(Nc3ncccn3)c2)c1. The van der Waals surface area contributed by atoms with Crippen LogP contribution in [-0.4, -0.2) is 30.3 Å². The van der Waals surface area contributed by atoms with Gasteiger partial charge >= 0.3 is 0 Å². The van der Waals surface area contributed by atoms with Gasteiger partial charge in [0.2, 0.25) is 16.0 Å². The highest BCUT2D eigenvalue weighted by Gasteiger charge is 2.15. The highest BCUT2D eigenvalue weighted by Crippen LogP contribution is 2.15. The smallest absolute Gasteiger partial charge is 0.251 e. The Labute approximate surface area is 175 Å². The zero-order valence-corrected chi connectivity index (χ0v) is 17.5. The number of hydrogen-bond acceptors (Lipinski definition) is 6. The van der Waals surface area contributed by atoms with Gasteiger partial charge in [0.15, 0.2) is 0 Å². The van der Waals surface area contributed by atoms with Crippen molar-refractivity contribution in [3.8, 4) is 0 Å². The van der Waals surface area contributed by atoms with E-state index >= 15 is 0 Å². The van der Waals surface area contributed by atoms with E-state index in [4.69, 9.17) is 0 Å². The molecule has 0 radical (unpaired) electrons. The summed E-state index contributed by atoms with van der Waals surface area (Å²) in [5.74, 6) is 0.157. The largest absolute Gasteiger partial charge is 0.348 e. The van der Waals surface area contributed by atoms with Gasteiger partial charge in [-0.05, 0) is 55.8 Å². The average molecular weight is 426 g/mol. The van der Waals surface area contributed by atoms with Crippen molar-refractivity contribution in [1.82, 2.24) is 20.0 Å². The molecule has 1 amide bonds. The average Bonchev–Trinajstić information content (AvgIpc) is 2.72. The van der Waals surface area contributed by atoms with Crippen molar-refractivity contribution in [2.45, 2.75) is 31.3 Å². The highest BCUT2D eigenvalue weighted by atomic mass is 32.2. The van der Waals surface area contributed by atoms with Gasteiger partial charge in [0, 0.05) is 36.2 Å². The third-order valence-electron chi connectivity index (χ3n) is 4.00. The zero-order valence-electron chi connectivity index (χ0n) is 16.7. The topological polar surface area (TPSA) is 113 Å². The summed E-state index contributed by atoms with van der Waals surface area (Å²) in [5, 5.41) is 5.85. The van der Waals surface area contributed by atoms with Gasteiger partial charge in [-0.3, -0.25) is 4.79 Å². The Balaban J connectivity index is 1.66. The number of nitrogens with zero attached hydrogens (tertiary/aromatic N) is 2. The van der Waals surface area contributed by atoms with Gasteiger partial charge in [0.05, 0.1) is 4.90 Å². The first-order valence-corrected chi connectivity index (χ1v) is 10.9. The molecule has 9 heteroatoms. The number of amides is 1. The lowest BCUT2D eigenvalue weighted by Gasteiger charge is -2.11. The number of rotatable bonds is 8. The van der Waals surface area contributed by atoms with Gasteiger partial charge in [-0.15, -0.1) is 0 Å². The van der Waals surface area contributed by atoms with Crippen molar-refractivity contribution in [2.24, 2.45) is 0 Å². The van der Waals surface area contributed by atoms with E-state index in [9.17, 15) is 13.2 Å². The fraction of sp³-hybridized carbons (Fsp3) is 0.190. The number of aromatic nitrogens is 2. The summed E-state index contributed by atoms with van der Waals surface area (Å²) >= 11 is 0. The van der Waals surface area contributed by atoms with Crippen LogP contribution in [0.1, 0.15) is 29.8 Å². The second-order valence-corrected chi connectivity index (χ2v) is 8.60. The van der Waals surface area contributed by atoms with Gasteiger partial charge in [0.1, 0.15) is 0 Å². The van der Waals surface area contributed by atoms with Crippen LogP contribution in [0.3, 0.4) is 0 Å². The second kappa shape index (κ2) is 9.47. The van der Waals surface area contributed by atoms with Gasteiger partial charge in [-0.25, -0.2) is 23.1 Å². The molecular formula is C21H23N5O3S. The quantitative estimate of drug-likeness (QED) is 0.511. The monoisotopic (exact) mass is 425 g/mol. The summed E-state index contributed by atoms with van der Waals surface area (Å²) in [6.45, 7) is 3.71. The number of benzene rings is 2. The fourth-order valence-electron chi connectivity index (χ4n) is 2.72. The standard InChI is InChI=1S/C21H23N5O3S/c1-15(2)26-30(28,29)19-9-3-6-16(12-19)14-24-20(27)17-7-4-8-18(13-17)25-21-22-10-5-11-23-21/h3-13,15,26H,14H2,1-2H3,(H,24,27)(H,22,23,25). The predicted octanol–water partition coefficient (Wildman–Crippen LogP) is 2.84. The summed E-state index contributed by atoms with van der Waals surface area (Å²) in [6, 6.07) is 15.0. The van der Waals surface area contributed by atoms with Crippen molar-refractivity contribution in [3.63, 3.8) is 0 Å². The molecule has 8 nitrogen and oxygen atoms in total. The van der Waals surface area contributed by atoms with Crippen LogP contribution in [0.4, 0.5) is 11.6 Å². The molecule has 0 aliphatic heterocycles. The van der Waals surface area contributed by atoms with Crippen molar-refractivity contribution in [1.29, 1.82) is 0 Å². The van der Waals surface area contributed by atoms with Crippen LogP contribution in [0.25, 0.3) is 0 Å². The number of nitrogens with one attached hydrogen (secondary N) is 3. The molecule has 0 fully saturated rings. The van der Waals surface area contributed by atoms with Crippen LogP contribution in [-0.2, 0) is 16.6 Å². The van der Waals surface area contributed by atoms with Crippen molar-refractivity contribution >= 4 is 27.6 Å². The van der Waals surface area contributed by atoms with Crippen LogP contribution >= 0.6 is 0 Å². The lowest BCUT2D eigenvalue weighted by Crippen LogP contribution is -2.30. The minimum atomic E-state index is -3.59. The fourth-order valence-corrected chi connectivity index (χ4v) is 4.04. The minimum Gasteiger partial charge on any atom is -0.348 e. The van der Waals surface area contributed by atoms with Gasteiger partial charge in [0.25, 0.3) is 5.91 Å². The van der Waals surface area contributed by atoms with Crippen molar-refractivity contribution in [2.75, 3.05) is 5.32 Å². The molecule has 30 heavy (non-hydrogen) atoms. The molecular weight excluding hydrogens is 402 g/mol. The zero-order chi connectivity index (χ0) is 21.6. The van der Waals surface area contributed by atoms with Crippen LogP contribution in [0, 0.1) is 0 Å². The third kappa shape index (κ3) is 5.85. The minimum absolute atomic E-state index is 0.164. The highest BCUT2D eigenvalue weighted by molar-refractivity contribution is 7.89. The lowest BCUT2D eigenvalue weighted by molar-refractivity contribution is 0.0951. The molecule has 156 valence electrons. The van der Waals surface area contributed by atoms with E-state index in [1.54, 1.807) is 68.7 Å². The van der Waals surface area contributed by atoms with Crippen LogP contribution in [0.2, 0.25) is 0 Å². The first-order chi connectivity index (χ1) is 14.3. The molecule has 3 rings (SSSR count). The maximum Gasteiger partial charge on any atom is 0.251 e. The molecule has 0 saturated heterocycles. The van der Waals surface area contributed by atoms with Gasteiger partial charge < -0.3 is 10.6 Å². The molecule has 0 unspecified atom stereocenters. The van der Waals surface area contributed by atoms with Crippen LogP contribution < -0.4 is 15.4 Å². The summed E-state index contributed by atoms with van der Waals surface area (Å²) < 4.78 is 27.2. The molecule has 0 saturated carbocycles. The molecule has 3 N–H and O–H groups in total. The Morgan fingerprint density at radius 2 is 1.73 bits per heavy atom. The van der Waals surface area contributed by atoms with E-state index in [0.717, 1.165) is 0 Å². The maximum atomic E-state index is 12.5. The lowest BCUT2D eigenvalue weighted by atomic mass is 10.1. The van der Waals surface area contributed by atoms with Crippen molar-refractivity contribution < 1.29 is 13.2 Å². The maximum absolute atomic E-state index is 12.5. The Bertz CT molecular complexity index is 1120. The molecule has 1 heterocycles. The first kappa shape index (κ1) is 21.4. The Morgan fingerprint density at radius 1 is 1.00 bits per heavy atom. The Hall–Kier alpha value is -3.30. The number of anilines is 2. The number of carbonyl (C=O) groups excluding carboxylic acids is 1. The summed E-state index contributed by atoms with van der Waals surface area (Å²) in [5.41, 5.74) is 1.82. The Kier molecular flexibility index (Phi) is 6.76. The molecule has 2 aromatic carbocycles. The molecule has 0 bridgehead atoms. The third-order valence-corrected chi connectivity index (χ3v) is 5.66. The summed E-state index contributed by atoms with van der Waals surface area (Å²) in [4.78, 5) is 20.9. The number of hydrogen-bond donors (Lipinski definition) is 3. The predicted molar refractivity (Wildman–Crippen MR) is 115 cm³/mol. The van der Waals surface area contributed by atoms with E-state index in [1.165, 1.54) is 6.07 Å². The van der Waals surface area contributed by atoms with E-state index < -0.39 is 10.0 Å². The van der Waals surface area contributed by atoms with Crippen molar-refractivity contribution in [3.05, 3.63) is 78.1 Å².